The lowest BCUT2D eigenvalue weighted by Crippen LogP contribution is -2.56. The van der Waals surface area contributed by atoms with Crippen molar-refractivity contribution in [2.75, 3.05) is 6.54 Å². The summed E-state index contributed by atoms with van der Waals surface area (Å²) in [6, 6.07) is 4.54. The molecule has 216 valence electrons. The minimum absolute atomic E-state index is 0.0733. The van der Waals surface area contributed by atoms with E-state index in [4.69, 9.17) is 4.74 Å². The Bertz CT molecular complexity index is 885. The smallest absolute Gasteiger partial charge is 0.408 e. The standard InChI is InChI=1S/C30H51N3O5/c1-10-11-12-13-14-15-20-33(27(36)24(21(2)3)31-28(37)38-30(7,8)9)25(26(35)32-29(4,5)6)22-16-18-23(34)19-17-22/h16-19,21,24-25,34H,10-15,20H2,1-9H3,(H,31,37)(H,32,35). The van der Waals surface area contributed by atoms with Crippen LogP contribution < -0.4 is 10.6 Å². The van der Waals surface area contributed by atoms with Gasteiger partial charge in [0.05, 0.1) is 0 Å². The van der Waals surface area contributed by atoms with Gasteiger partial charge in [0, 0.05) is 12.1 Å². The van der Waals surface area contributed by atoms with Crippen LogP contribution in [0.4, 0.5) is 4.79 Å². The van der Waals surface area contributed by atoms with E-state index >= 15 is 0 Å². The Balaban J connectivity index is 3.42. The molecule has 0 spiro atoms. The lowest BCUT2D eigenvalue weighted by atomic mass is 9.97. The van der Waals surface area contributed by atoms with E-state index in [2.05, 4.69) is 17.6 Å². The monoisotopic (exact) mass is 533 g/mol. The molecule has 0 fully saturated rings. The van der Waals surface area contributed by atoms with Gasteiger partial charge in [0.25, 0.3) is 0 Å². The van der Waals surface area contributed by atoms with Gasteiger partial charge in [-0.15, -0.1) is 0 Å². The molecule has 1 rings (SSSR count). The van der Waals surface area contributed by atoms with Gasteiger partial charge in [-0.3, -0.25) is 9.59 Å². The second kappa shape index (κ2) is 15.0. The van der Waals surface area contributed by atoms with Crippen molar-refractivity contribution in [2.45, 2.75) is 124 Å². The maximum absolute atomic E-state index is 14.1. The van der Waals surface area contributed by atoms with Crippen LogP contribution in [-0.2, 0) is 14.3 Å². The molecule has 0 aliphatic carbocycles. The third-order valence-electron chi connectivity index (χ3n) is 5.91. The Labute approximate surface area is 229 Å². The molecule has 0 aliphatic rings. The third-order valence-corrected chi connectivity index (χ3v) is 5.91. The van der Waals surface area contributed by atoms with E-state index in [0.717, 1.165) is 32.1 Å². The largest absolute Gasteiger partial charge is 0.508 e. The number of aromatic hydroxyl groups is 1. The molecule has 3 N–H and O–H groups in total. The first-order valence-corrected chi connectivity index (χ1v) is 14.0. The molecule has 3 amide bonds. The van der Waals surface area contributed by atoms with Crippen molar-refractivity contribution in [3.05, 3.63) is 29.8 Å². The molecule has 2 unspecified atom stereocenters. The number of ether oxygens (including phenoxy) is 1. The molecule has 1 aromatic carbocycles. The summed E-state index contributed by atoms with van der Waals surface area (Å²) < 4.78 is 5.43. The molecule has 0 heterocycles. The summed E-state index contributed by atoms with van der Waals surface area (Å²) in [6.45, 7) is 17.2. The van der Waals surface area contributed by atoms with Crippen LogP contribution in [0.15, 0.2) is 24.3 Å². The van der Waals surface area contributed by atoms with E-state index in [1.54, 1.807) is 37.8 Å². The first kappa shape index (κ1) is 33.3. The highest BCUT2D eigenvalue weighted by Gasteiger charge is 2.38. The van der Waals surface area contributed by atoms with Crippen LogP contribution in [-0.4, -0.2) is 51.6 Å². The van der Waals surface area contributed by atoms with Crippen molar-refractivity contribution >= 4 is 17.9 Å². The molecule has 0 aromatic heterocycles. The van der Waals surface area contributed by atoms with Crippen LogP contribution in [0, 0.1) is 5.92 Å². The van der Waals surface area contributed by atoms with Crippen LogP contribution in [0.2, 0.25) is 0 Å². The zero-order valence-corrected chi connectivity index (χ0v) is 25.0. The first-order chi connectivity index (χ1) is 17.6. The Hall–Kier alpha value is -2.77. The van der Waals surface area contributed by atoms with E-state index in [9.17, 15) is 19.5 Å². The van der Waals surface area contributed by atoms with Gasteiger partial charge in [-0.1, -0.05) is 65.0 Å². The topological polar surface area (TPSA) is 108 Å². The summed E-state index contributed by atoms with van der Waals surface area (Å²) in [5.41, 5.74) is -0.648. The maximum Gasteiger partial charge on any atom is 0.408 e. The van der Waals surface area contributed by atoms with Gasteiger partial charge >= 0.3 is 6.09 Å². The number of phenolic OH excluding ortho intramolecular Hbond substituents is 1. The number of alkyl carbamates (subject to hydrolysis) is 1. The highest BCUT2D eigenvalue weighted by atomic mass is 16.6. The summed E-state index contributed by atoms with van der Waals surface area (Å²) in [7, 11) is 0. The number of hydrogen-bond donors (Lipinski definition) is 3. The summed E-state index contributed by atoms with van der Waals surface area (Å²) >= 11 is 0. The molecule has 0 saturated heterocycles. The summed E-state index contributed by atoms with van der Waals surface area (Å²) in [6.07, 6.45) is 5.48. The number of carbonyl (C=O) groups excluding carboxylic acids is 3. The lowest BCUT2D eigenvalue weighted by molar-refractivity contribution is -0.144. The van der Waals surface area contributed by atoms with Crippen LogP contribution >= 0.6 is 0 Å². The molecule has 38 heavy (non-hydrogen) atoms. The fourth-order valence-corrected chi connectivity index (χ4v) is 4.12. The second-order valence-corrected chi connectivity index (χ2v) is 12.4. The molecular weight excluding hydrogens is 482 g/mol. The van der Waals surface area contributed by atoms with E-state index in [1.807, 2.05) is 34.6 Å². The van der Waals surface area contributed by atoms with Gasteiger partial charge in [0.2, 0.25) is 11.8 Å². The Morgan fingerprint density at radius 3 is 1.97 bits per heavy atom. The zero-order valence-electron chi connectivity index (χ0n) is 25.0. The quantitative estimate of drug-likeness (QED) is 0.266. The minimum atomic E-state index is -0.931. The summed E-state index contributed by atoms with van der Waals surface area (Å²) in [5, 5.41) is 15.6. The van der Waals surface area contributed by atoms with Crippen molar-refractivity contribution in [1.82, 2.24) is 15.5 Å². The Morgan fingerprint density at radius 1 is 0.921 bits per heavy atom. The van der Waals surface area contributed by atoms with Gasteiger partial charge in [0.15, 0.2) is 0 Å². The number of benzene rings is 1. The number of unbranched alkanes of at least 4 members (excludes halogenated alkanes) is 5. The minimum Gasteiger partial charge on any atom is -0.508 e. The average molecular weight is 534 g/mol. The van der Waals surface area contributed by atoms with Gasteiger partial charge in [-0.05, 0) is 71.6 Å². The van der Waals surface area contributed by atoms with Crippen molar-refractivity contribution in [3.8, 4) is 5.75 Å². The van der Waals surface area contributed by atoms with Gasteiger partial charge in [-0.2, -0.15) is 0 Å². The fraction of sp³-hybridized carbons (Fsp3) is 0.700. The van der Waals surface area contributed by atoms with Crippen molar-refractivity contribution < 1.29 is 24.2 Å². The van der Waals surface area contributed by atoms with Crippen molar-refractivity contribution in [3.63, 3.8) is 0 Å². The molecule has 0 aliphatic heterocycles. The fourth-order valence-electron chi connectivity index (χ4n) is 4.12. The van der Waals surface area contributed by atoms with Crippen molar-refractivity contribution in [2.24, 2.45) is 5.92 Å². The van der Waals surface area contributed by atoms with Gasteiger partial charge in [0.1, 0.15) is 23.4 Å². The normalized spacial score (nSPS) is 13.5. The lowest BCUT2D eigenvalue weighted by Gasteiger charge is -2.37. The molecule has 0 radical (unpaired) electrons. The maximum atomic E-state index is 14.1. The molecule has 1 aromatic rings. The molecule has 0 saturated carbocycles. The number of nitrogens with one attached hydrogen (secondary N) is 2. The SMILES string of the molecule is CCCCCCCCN(C(=O)C(NC(=O)OC(C)(C)C)C(C)C)C(C(=O)NC(C)(C)C)c1ccc(O)cc1. The van der Waals surface area contributed by atoms with Crippen LogP contribution in [0.1, 0.15) is 112 Å². The average Bonchev–Trinajstić information content (AvgIpc) is 2.77. The highest BCUT2D eigenvalue weighted by Crippen LogP contribution is 2.27. The van der Waals surface area contributed by atoms with E-state index < -0.39 is 29.3 Å². The molecule has 0 bridgehead atoms. The van der Waals surface area contributed by atoms with Crippen LogP contribution in [0.3, 0.4) is 0 Å². The highest BCUT2D eigenvalue weighted by molar-refractivity contribution is 5.92. The van der Waals surface area contributed by atoms with E-state index in [0.29, 0.717) is 12.1 Å². The molecule has 2 atom stereocenters. The summed E-state index contributed by atoms with van der Waals surface area (Å²) in [5.74, 6) is -0.832. The van der Waals surface area contributed by atoms with Crippen molar-refractivity contribution in [1.29, 1.82) is 0 Å². The molecule has 8 nitrogen and oxygen atoms in total. The predicted octanol–water partition coefficient (Wildman–Crippen LogP) is 6.09. The number of nitrogens with zero attached hydrogens (tertiary/aromatic N) is 1. The Kier molecular flexibility index (Phi) is 13.1. The number of phenols is 1. The molecule has 8 heteroatoms. The van der Waals surface area contributed by atoms with E-state index in [1.165, 1.54) is 18.6 Å². The van der Waals surface area contributed by atoms with Gasteiger partial charge < -0.3 is 25.4 Å². The number of hydrogen-bond acceptors (Lipinski definition) is 5. The molecular formula is C30H51N3O5. The Morgan fingerprint density at radius 2 is 1.47 bits per heavy atom. The zero-order chi connectivity index (χ0) is 29.1. The number of carbonyl (C=O) groups is 3. The summed E-state index contributed by atoms with van der Waals surface area (Å²) in [4.78, 5) is 42.0. The second-order valence-electron chi connectivity index (χ2n) is 12.4. The van der Waals surface area contributed by atoms with Crippen LogP contribution in [0.25, 0.3) is 0 Å². The first-order valence-electron chi connectivity index (χ1n) is 14.0. The predicted molar refractivity (Wildman–Crippen MR) is 152 cm³/mol. The van der Waals surface area contributed by atoms with Crippen LogP contribution in [0.5, 0.6) is 5.75 Å². The number of rotatable bonds is 13. The third kappa shape index (κ3) is 12.2. The van der Waals surface area contributed by atoms with Gasteiger partial charge in [-0.25, -0.2) is 4.79 Å². The number of amides is 3. The van der Waals surface area contributed by atoms with E-state index in [-0.39, 0.29) is 23.5 Å².